The van der Waals surface area contributed by atoms with E-state index in [-0.39, 0.29) is 24.2 Å². The third-order valence-electron chi connectivity index (χ3n) is 3.51. The number of oxazole rings is 1. The second-order valence-corrected chi connectivity index (χ2v) is 4.98. The van der Waals surface area contributed by atoms with Crippen LogP contribution < -0.4 is 10.6 Å². The normalized spacial score (nSPS) is 17.8. The van der Waals surface area contributed by atoms with E-state index in [4.69, 9.17) is 4.42 Å². The first-order chi connectivity index (χ1) is 9.83. The number of hydrogen-bond acceptors (Lipinski definition) is 4. The maximum absolute atomic E-state index is 12.2. The summed E-state index contributed by atoms with van der Waals surface area (Å²) in [6, 6.07) is 7.60. The van der Waals surface area contributed by atoms with Crippen molar-refractivity contribution in [3.63, 3.8) is 0 Å². The Morgan fingerprint density at radius 3 is 3.05 bits per heavy atom. The lowest BCUT2D eigenvalue weighted by atomic mass is 9.98. The first-order valence-corrected chi connectivity index (χ1v) is 6.83. The standard InChI is InChI=1S/C15H17N3O2.ClH/c19-15(12-4-2-6-16-8-12)18-13-5-1-3-11(7-13)14-9-17-10-20-14;/h1,3,5,7,9-10,12,16H,2,4,6,8H2,(H,18,19);1H/t12-;/m1./s1. The molecule has 6 heteroatoms. The summed E-state index contributed by atoms with van der Waals surface area (Å²) >= 11 is 0. The summed E-state index contributed by atoms with van der Waals surface area (Å²) < 4.78 is 5.26. The van der Waals surface area contributed by atoms with Gasteiger partial charge in [-0.2, -0.15) is 0 Å². The van der Waals surface area contributed by atoms with Crippen molar-refractivity contribution in [1.29, 1.82) is 0 Å². The van der Waals surface area contributed by atoms with Gasteiger partial charge in [0.15, 0.2) is 12.2 Å². The van der Waals surface area contributed by atoms with Crippen LogP contribution >= 0.6 is 12.4 Å². The quantitative estimate of drug-likeness (QED) is 0.915. The van der Waals surface area contributed by atoms with Crippen LogP contribution in [-0.4, -0.2) is 24.0 Å². The Morgan fingerprint density at radius 2 is 2.33 bits per heavy atom. The molecule has 112 valence electrons. The number of benzene rings is 1. The number of hydrogen-bond donors (Lipinski definition) is 2. The molecule has 0 aliphatic carbocycles. The largest absolute Gasteiger partial charge is 0.444 e. The number of nitrogens with zero attached hydrogens (tertiary/aromatic N) is 1. The van der Waals surface area contributed by atoms with Gasteiger partial charge in [-0.3, -0.25) is 4.79 Å². The molecule has 3 rings (SSSR count). The van der Waals surface area contributed by atoms with Crippen molar-refractivity contribution in [3.8, 4) is 11.3 Å². The van der Waals surface area contributed by atoms with Crippen molar-refractivity contribution >= 4 is 24.0 Å². The zero-order valence-corrected chi connectivity index (χ0v) is 12.4. The van der Waals surface area contributed by atoms with Gasteiger partial charge >= 0.3 is 0 Å². The van der Waals surface area contributed by atoms with Crippen molar-refractivity contribution in [2.75, 3.05) is 18.4 Å². The zero-order valence-electron chi connectivity index (χ0n) is 11.5. The van der Waals surface area contributed by atoms with Gasteiger partial charge in [0, 0.05) is 17.8 Å². The van der Waals surface area contributed by atoms with Gasteiger partial charge in [0.1, 0.15) is 0 Å². The van der Waals surface area contributed by atoms with Gasteiger partial charge < -0.3 is 15.1 Å². The molecule has 0 bridgehead atoms. The highest BCUT2D eigenvalue weighted by atomic mass is 35.5. The Balaban J connectivity index is 0.00000161. The van der Waals surface area contributed by atoms with E-state index in [1.807, 2.05) is 24.3 Å². The van der Waals surface area contributed by atoms with Crippen LogP contribution in [0.3, 0.4) is 0 Å². The number of nitrogens with one attached hydrogen (secondary N) is 2. The second kappa shape index (κ2) is 7.24. The maximum Gasteiger partial charge on any atom is 0.228 e. The smallest absolute Gasteiger partial charge is 0.228 e. The van der Waals surface area contributed by atoms with Crippen molar-refractivity contribution in [2.24, 2.45) is 5.92 Å². The number of carbonyl (C=O) groups is 1. The lowest BCUT2D eigenvalue weighted by Crippen LogP contribution is -2.37. The Labute approximate surface area is 129 Å². The lowest BCUT2D eigenvalue weighted by Gasteiger charge is -2.21. The van der Waals surface area contributed by atoms with Crippen molar-refractivity contribution in [2.45, 2.75) is 12.8 Å². The van der Waals surface area contributed by atoms with Crippen LogP contribution in [0, 0.1) is 5.92 Å². The lowest BCUT2D eigenvalue weighted by molar-refractivity contribution is -0.120. The zero-order chi connectivity index (χ0) is 13.8. The first-order valence-electron chi connectivity index (χ1n) is 6.83. The van der Waals surface area contributed by atoms with E-state index < -0.39 is 0 Å². The average Bonchev–Trinajstić information content (AvgIpc) is 3.03. The Hall–Kier alpha value is -1.85. The van der Waals surface area contributed by atoms with Crippen molar-refractivity contribution in [1.82, 2.24) is 10.3 Å². The van der Waals surface area contributed by atoms with Crippen LogP contribution in [0.1, 0.15) is 12.8 Å². The molecule has 5 nitrogen and oxygen atoms in total. The van der Waals surface area contributed by atoms with Gasteiger partial charge in [0.2, 0.25) is 5.91 Å². The van der Waals surface area contributed by atoms with E-state index in [0.717, 1.165) is 37.2 Å². The summed E-state index contributed by atoms with van der Waals surface area (Å²) in [5.74, 6) is 0.824. The first kappa shape index (κ1) is 15.5. The molecule has 2 aromatic rings. The maximum atomic E-state index is 12.2. The SMILES string of the molecule is Cl.O=C(Nc1cccc(-c2cnco2)c1)[C@@H]1CCCNC1. The molecule has 1 fully saturated rings. The van der Waals surface area contributed by atoms with E-state index >= 15 is 0 Å². The van der Waals surface area contributed by atoms with E-state index in [0.29, 0.717) is 5.76 Å². The fourth-order valence-electron chi connectivity index (χ4n) is 2.43. The number of rotatable bonds is 3. The fraction of sp³-hybridized carbons (Fsp3) is 0.333. The molecule has 0 spiro atoms. The minimum absolute atomic E-state index is 0. The van der Waals surface area contributed by atoms with Crippen LogP contribution in [-0.2, 0) is 4.79 Å². The number of halogens is 1. The number of anilines is 1. The molecule has 1 aliphatic heterocycles. The van der Waals surface area contributed by atoms with Crippen LogP contribution in [0.4, 0.5) is 5.69 Å². The molecule has 1 aromatic heterocycles. The monoisotopic (exact) mass is 307 g/mol. The van der Waals surface area contributed by atoms with E-state index in [1.165, 1.54) is 6.39 Å². The van der Waals surface area contributed by atoms with Gasteiger partial charge in [-0.05, 0) is 31.5 Å². The summed E-state index contributed by atoms with van der Waals surface area (Å²) in [5.41, 5.74) is 1.69. The Bertz CT molecular complexity index is 580. The summed E-state index contributed by atoms with van der Waals surface area (Å²) in [4.78, 5) is 16.1. The van der Waals surface area contributed by atoms with Gasteiger partial charge in [-0.1, -0.05) is 12.1 Å². The Kier molecular flexibility index (Phi) is 5.36. The van der Waals surface area contributed by atoms with Crippen LogP contribution in [0.2, 0.25) is 0 Å². The van der Waals surface area contributed by atoms with Crippen molar-refractivity contribution < 1.29 is 9.21 Å². The van der Waals surface area contributed by atoms with E-state index in [1.54, 1.807) is 6.20 Å². The average molecular weight is 308 g/mol. The molecular weight excluding hydrogens is 290 g/mol. The molecule has 0 unspecified atom stereocenters. The molecule has 1 aromatic carbocycles. The van der Waals surface area contributed by atoms with Crippen LogP contribution in [0.15, 0.2) is 41.3 Å². The topological polar surface area (TPSA) is 67.2 Å². The summed E-state index contributed by atoms with van der Waals surface area (Å²) in [7, 11) is 0. The molecule has 1 aliphatic rings. The summed E-state index contributed by atoms with van der Waals surface area (Å²) in [5, 5.41) is 6.22. The molecule has 2 N–H and O–H groups in total. The summed E-state index contributed by atoms with van der Waals surface area (Å²) in [6.45, 7) is 1.76. The molecule has 1 amide bonds. The van der Waals surface area contributed by atoms with Gasteiger partial charge in [0.25, 0.3) is 0 Å². The van der Waals surface area contributed by atoms with Crippen molar-refractivity contribution in [3.05, 3.63) is 36.9 Å². The molecule has 21 heavy (non-hydrogen) atoms. The number of piperidine rings is 1. The predicted octanol–water partition coefficient (Wildman–Crippen LogP) is 2.70. The van der Waals surface area contributed by atoms with Crippen LogP contribution in [0.25, 0.3) is 11.3 Å². The minimum Gasteiger partial charge on any atom is -0.444 e. The highest BCUT2D eigenvalue weighted by Gasteiger charge is 2.20. The molecule has 1 saturated heterocycles. The number of carbonyl (C=O) groups excluding carboxylic acids is 1. The molecule has 1 atom stereocenters. The third kappa shape index (κ3) is 3.83. The van der Waals surface area contributed by atoms with E-state index in [2.05, 4.69) is 15.6 Å². The second-order valence-electron chi connectivity index (χ2n) is 4.98. The van der Waals surface area contributed by atoms with Crippen LogP contribution in [0.5, 0.6) is 0 Å². The molecule has 0 radical (unpaired) electrons. The fourth-order valence-corrected chi connectivity index (χ4v) is 2.43. The van der Waals surface area contributed by atoms with Gasteiger partial charge in [-0.25, -0.2) is 4.98 Å². The number of aromatic nitrogens is 1. The molecule has 0 saturated carbocycles. The minimum atomic E-state index is 0. The Morgan fingerprint density at radius 1 is 1.43 bits per heavy atom. The van der Waals surface area contributed by atoms with Gasteiger partial charge in [0.05, 0.1) is 12.1 Å². The highest BCUT2D eigenvalue weighted by molar-refractivity contribution is 5.93. The highest BCUT2D eigenvalue weighted by Crippen LogP contribution is 2.22. The van der Waals surface area contributed by atoms with Gasteiger partial charge in [-0.15, -0.1) is 12.4 Å². The number of amides is 1. The molecular formula is C15H18ClN3O2. The molecule has 2 heterocycles. The predicted molar refractivity (Wildman–Crippen MR) is 83.4 cm³/mol. The summed E-state index contributed by atoms with van der Waals surface area (Å²) in [6.07, 6.45) is 5.05. The third-order valence-corrected chi connectivity index (χ3v) is 3.51. The van der Waals surface area contributed by atoms with E-state index in [9.17, 15) is 4.79 Å².